The fourth-order valence-electron chi connectivity index (χ4n) is 1.79. The van der Waals surface area contributed by atoms with E-state index in [1.54, 1.807) is 42.5 Å². The summed E-state index contributed by atoms with van der Waals surface area (Å²) in [5.74, 6) is 0. The monoisotopic (exact) mass is 306 g/mol. The average Bonchev–Trinajstić information content (AvgIpc) is 2.81. The van der Waals surface area contributed by atoms with Crippen LogP contribution in [0.2, 0.25) is 10.0 Å². The van der Waals surface area contributed by atoms with Crippen LogP contribution in [-0.4, -0.2) is 21.0 Å². The summed E-state index contributed by atoms with van der Waals surface area (Å²) in [4.78, 5) is 12.2. The third kappa shape index (κ3) is 2.45. The first-order valence-electron chi connectivity index (χ1n) is 5.71. The number of amides is 1. The highest BCUT2D eigenvalue weighted by Crippen LogP contribution is 2.18. The maximum Gasteiger partial charge on any atom is 0.348 e. The number of carbonyl (C=O) groups is 1. The molecule has 0 spiro atoms. The molecule has 0 unspecified atom stereocenters. The van der Waals surface area contributed by atoms with E-state index in [1.165, 1.54) is 4.68 Å². The van der Waals surface area contributed by atoms with Crippen LogP contribution in [0.1, 0.15) is 0 Å². The number of rotatable bonds is 1. The van der Waals surface area contributed by atoms with Crippen molar-refractivity contribution in [1.29, 1.82) is 0 Å². The SMILES string of the molecule is O=C(Nc1cccc(Cl)c1)n1nnc2cc(Cl)ccc21. The smallest absolute Gasteiger partial charge is 0.306 e. The molecule has 1 N–H and O–H groups in total. The van der Waals surface area contributed by atoms with Gasteiger partial charge in [-0.05, 0) is 36.4 Å². The van der Waals surface area contributed by atoms with E-state index in [0.717, 1.165) is 0 Å². The second kappa shape index (κ2) is 5.11. The van der Waals surface area contributed by atoms with Crippen LogP contribution in [0.5, 0.6) is 0 Å². The predicted molar refractivity (Wildman–Crippen MR) is 78.4 cm³/mol. The van der Waals surface area contributed by atoms with Gasteiger partial charge in [0, 0.05) is 15.7 Å². The van der Waals surface area contributed by atoms with Crippen LogP contribution in [0, 0.1) is 0 Å². The van der Waals surface area contributed by atoms with Gasteiger partial charge >= 0.3 is 6.03 Å². The molecular weight excluding hydrogens is 299 g/mol. The van der Waals surface area contributed by atoms with Gasteiger partial charge in [-0.1, -0.05) is 34.5 Å². The molecule has 3 rings (SSSR count). The number of nitrogens with one attached hydrogen (secondary N) is 1. The van der Waals surface area contributed by atoms with E-state index in [0.29, 0.717) is 26.8 Å². The van der Waals surface area contributed by atoms with E-state index in [-0.39, 0.29) is 0 Å². The Morgan fingerprint density at radius 2 is 1.90 bits per heavy atom. The summed E-state index contributed by atoms with van der Waals surface area (Å²) in [6.45, 7) is 0. The molecular formula is C13H8Cl2N4O. The molecule has 7 heteroatoms. The van der Waals surface area contributed by atoms with E-state index in [1.807, 2.05) is 0 Å². The van der Waals surface area contributed by atoms with E-state index < -0.39 is 6.03 Å². The van der Waals surface area contributed by atoms with Crippen molar-refractivity contribution in [3.05, 3.63) is 52.5 Å². The Hall–Kier alpha value is -2.11. The fourth-order valence-corrected chi connectivity index (χ4v) is 2.15. The lowest BCUT2D eigenvalue weighted by atomic mass is 10.3. The molecule has 3 aromatic rings. The summed E-state index contributed by atoms with van der Waals surface area (Å²) < 4.78 is 1.17. The van der Waals surface area contributed by atoms with Gasteiger partial charge in [-0.15, -0.1) is 5.10 Å². The number of benzene rings is 2. The number of fused-ring (bicyclic) bond motifs is 1. The Balaban J connectivity index is 1.93. The summed E-state index contributed by atoms with van der Waals surface area (Å²) in [7, 11) is 0. The number of hydrogen-bond acceptors (Lipinski definition) is 3. The molecule has 0 aliphatic carbocycles. The first-order valence-corrected chi connectivity index (χ1v) is 6.47. The predicted octanol–water partition coefficient (Wildman–Crippen LogP) is 3.82. The van der Waals surface area contributed by atoms with Crippen molar-refractivity contribution >= 4 is 46.0 Å². The molecule has 0 radical (unpaired) electrons. The van der Waals surface area contributed by atoms with Gasteiger partial charge in [0.15, 0.2) is 0 Å². The van der Waals surface area contributed by atoms with Crippen LogP contribution in [0.25, 0.3) is 11.0 Å². The van der Waals surface area contributed by atoms with Crippen molar-refractivity contribution in [3.8, 4) is 0 Å². The minimum absolute atomic E-state index is 0.419. The van der Waals surface area contributed by atoms with Gasteiger partial charge in [0.2, 0.25) is 0 Å². The van der Waals surface area contributed by atoms with Crippen LogP contribution >= 0.6 is 23.2 Å². The molecule has 0 saturated heterocycles. The van der Waals surface area contributed by atoms with Gasteiger partial charge in [0.1, 0.15) is 5.52 Å². The molecule has 1 heterocycles. The number of carbonyl (C=O) groups excluding carboxylic acids is 1. The molecule has 2 aromatic carbocycles. The van der Waals surface area contributed by atoms with Gasteiger partial charge in [-0.2, -0.15) is 4.68 Å². The van der Waals surface area contributed by atoms with Crippen LogP contribution < -0.4 is 5.32 Å². The van der Waals surface area contributed by atoms with Gasteiger partial charge in [0.05, 0.1) is 5.52 Å². The Kier molecular flexibility index (Phi) is 3.30. The van der Waals surface area contributed by atoms with E-state index in [9.17, 15) is 4.79 Å². The third-order valence-electron chi connectivity index (χ3n) is 2.68. The summed E-state index contributed by atoms with van der Waals surface area (Å²) in [5, 5.41) is 11.5. The van der Waals surface area contributed by atoms with Crippen LogP contribution in [-0.2, 0) is 0 Å². The second-order valence-electron chi connectivity index (χ2n) is 4.07. The summed E-state index contributed by atoms with van der Waals surface area (Å²) in [5.41, 5.74) is 1.72. The van der Waals surface area contributed by atoms with E-state index >= 15 is 0 Å². The lowest BCUT2D eigenvalue weighted by Crippen LogP contribution is -2.20. The number of halogens is 2. The molecule has 0 bridgehead atoms. The molecule has 1 aromatic heterocycles. The zero-order valence-electron chi connectivity index (χ0n) is 10.0. The second-order valence-corrected chi connectivity index (χ2v) is 4.95. The quantitative estimate of drug-likeness (QED) is 0.743. The summed E-state index contributed by atoms with van der Waals surface area (Å²) in [6.07, 6.45) is 0. The molecule has 0 saturated carbocycles. The highest BCUT2D eigenvalue weighted by atomic mass is 35.5. The van der Waals surface area contributed by atoms with Crippen molar-refractivity contribution < 1.29 is 4.79 Å². The zero-order valence-corrected chi connectivity index (χ0v) is 11.6. The third-order valence-corrected chi connectivity index (χ3v) is 3.15. The lowest BCUT2D eigenvalue weighted by Gasteiger charge is -2.05. The maximum absolute atomic E-state index is 12.2. The normalized spacial score (nSPS) is 10.7. The Labute approximate surface area is 124 Å². The Bertz CT molecular complexity index is 800. The average molecular weight is 307 g/mol. The van der Waals surface area contributed by atoms with Crippen LogP contribution in [0.15, 0.2) is 42.5 Å². The van der Waals surface area contributed by atoms with Crippen molar-refractivity contribution in [2.75, 3.05) is 5.32 Å². The van der Waals surface area contributed by atoms with Crippen LogP contribution in [0.4, 0.5) is 10.5 Å². The molecule has 0 fully saturated rings. The Morgan fingerprint density at radius 3 is 2.70 bits per heavy atom. The molecule has 20 heavy (non-hydrogen) atoms. The van der Waals surface area contributed by atoms with Gasteiger partial charge in [0.25, 0.3) is 0 Å². The van der Waals surface area contributed by atoms with Gasteiger partial charge in [-0.25, -0.2) is 4.79 Å². The van der Waals surface area contributed by atoms with E-state index in [2.05, 4.69) is 15.6 Å². The number of nitrogens with zero attached hydrogens (tertiary/aromatic N) is 3. The first-order chi connectivity index (χ1) is 9.63. The largest absolute Gasteiger partial charge is 0.348 e. The molecule has 100 valence electrons. The standard InChI is InChI=1S/C13H8Cl2N4O/c14-8-2-1-3-10(6-8)16-13(20)19-12-5-4-9(15)7-11(12)17-18-19/h1-7H,(H,16,20). The van der Waals surface area contributed by atoms with Crippen molar-refractivity contribution in [3.63, 3.8) is 0 Å². The van der Waals surface area contributed by atoms with Crippen molar-refractivity contribution in [1.82, 2.24) is 15.0 Å². The highest BCUT2D eigenvalue weighted by molar-refractivity contribution is 6.31. The van der Waals surface area contributed by atoms with Gasteiger partial charge < -0.3 is 5.32 Å². The fraction of sp³-hybridized carbons (Fsp3) is 0. The zero-order chi connectivity index (χ0) is 14.1. The molecule has 0 aliphatic heterocycles. The Morgan fingerprint density at radius 1 is 1.10 bits per heavy atom. The molecule has 5 nitrogen and oxygen atoms in total. The number of hydrogen-bond donors (Lipinski definition) is 1. The minimum atomic E-state index is -0.419. The maximum atomic E-state index is 12.2. The van der Waals surface area contributed by atoms with E-state index in [4.69, 9.17) is 23.2 Å². The highest BCUT2D eigenvalue weighted by Gasteiger charge is 2.12. The van der Waals surface area contributed by atoms with Crippen LogP contribution in [0.3, 0.4) is 0 Å². The molecule has 1 amide bonds. The molecule has 0 atom stereocenters. The van der Waals surface area contributed by atoms with Crippen molar-refractivity contribution in [2.45, 2.75) is 0 Å². The summed E-state index contributed by atoms with van der Waals surface area (Å²) >= 11 is 11.7. The minimum Gasteiger partial charge on any atom is -0.306 e. The lowest BCUT2D eigenvalue weighted by molar-refractivity contribution is 0.251. The summed E-state index contributed by atoms with van der Waals surface area (Å²) in [6, 6.07) is 11.5. The molecule has 0 aliphatic rings. The van der Waals surface area contributed by atoms with Gasteiger partial charge in [-0.3, -0.25) is 0 Å². The number of aromatic nitrogens is 3. The van der Waals surface area contributed by atoms with Crippen molar-refractivity contribution in [2.24, 2.45) is 0 Å². The number of anilines is 1. The first kappa shape index (κ1) is 12.9. The topological polar surface area (TPSA) is 59.8 Å².